The zero-order valence-corrected chi connectivity index (χ0v) is 11.1. The second-order valence-electron chi connectivity index (χ2n) is 4.47. The lowest BCUT2D eigenvalue weighted by Gasteiger charge is -2.25. The van der Waals surface area contributed by atoms with Crippen LogP contribution in [0.2, 0.25) is 0 Å². The molecule has 1 rings (SSSR count). The Morgan fingerprint density at radius 3 is 2.72 bits per heavy atom. The van der Waals surface area contributed by atoms with Crippen molar-refractivity contribution in [3.63, 3.8) is 0 Å². The Hall–Kier alpha value is -1.78. The van der Waals surface area contributed by atoms with E-state index in [-0.39, 0.29) is 18.5 Å². The number of hydrogen-bond donors (Lipinski definition) is 1. The first-order valence-electron chi connectivity index (χ1n) is 6.11. The highest BCUT2D eigenvalue weighted by atomic mass is 16.4. The number of amides is 1. The van der Waals surface area contributed by atoms with E-state index in [2.05, 4.69) is 6.92 Å². The average molecular weight is 252 g/mol. The topological polar surface area (TPSA) is 62.5 Å². The van der Waals surface area contributed by atoms with Crippen LogP contribution in [0.4, 0.5) is 0 Å². The van der Waals surface area contributed by atoms with E-state index in [1.807, 2.05) is 6.92 Å². The van der Waals surface area contributed by atoms with Gasteiger partial charge in [-0.3, -0.25) is 9.59 Å². The summed E-state index contributed by atoms with van der Waals surface area (Å²) in [6, 6.07) is 3.49. The molecule has 0 aromatic carbocycles. The lowest BCUT2D eigenvalue weighted by molar-refractivity contribution is -0.137. The van der Waals surface area contributed by atoms with Gasteiger partial charge >= 0.3 is 5.97 Å². The number of aliphatic carboxylic acids is 1. The molecule has 5 nitrogen and oxygen atoms in total. The third-order valence-corrected chi connectivity index (χ3v) is 3.04. The van der Waals surface area contributed by atoms with E-state index in [1.165, 1.54) is 4.57 Å². The highest BCUT2D eigenvalue weighted by Gasteiger charge is 2.20. The fraction of sp³-hybridized carbons (Fsp3) is 0.538. The second kappa shape index (κ2) is 6.23. The van der Waals surface area contributed by atoms with Crippen molar-refractivity contribution in [3.05, 3.63) is 24.0 Å². The minimum Gasteiger partial charge on any atom is -0.480 e. The molecule has 1 atom stereocenters. The van der Waals surface area contributed by atoms with Crippen molar-refractivity contribution in [3.8, 4) is 0 Å². The molecule has 1 heterocycles. The molecule has 1 unspecified atom stereocenters. The zero-order valence-electron chi connectivity index (χ0n) is 11.1. The number of aromatic nitrogens is 1. The van der Waals surface area contributed by atoms with Gasteiger partial charge in [-0.05, 0) is 25.5 Å². The first-order chi connectivity index (χ1) is 8.47. The number of rotatable bonds is 6. The molecule has 5 heteroatoms. The van der Waals surface area contributed by atoms with E-state index in [0.717, 1.165) is 12.8 Å². The maximum Gasteiger partial charge on any atom is 0.323 e. The summed E-state index contributed by atoms with van der Waals surface area (Å²) in [5.41, 5.74) is 0.419. The molecule has 0 aliphatic carbocycles. The van der Waals surface area contributed by atoms with Gasteiger partial charge in [0.15, 0.2) is 0 Å². The van der Waals surface area contributed by atoms with Gasteiger partial charge in [-0.25, -0.2) is 0 Å². The monoisotopic (exact) mass is 252 g/mol. The highest BCUT2D eigenvalue weighted by molar-refractivity contribution is 5.93. The molecule has 0 fully saturated rings. The van der Waals surface area contributed by atoms with Gasteiger partial charge in [0, 0.05) is 19.3 Å². The van der Waals surface area contributed by atoms with Crippen LogP contribution < -0.4 is 0 Å². The molecule has 0 bridgehead atoms. The highest BCUT2D eigenvalue weighted by Crippen LogP contribution is 2.11. The molecule has 0 saturated carbocycles. The van der Waals surface area contributed by atoms with Gasteiger partial charge in [0.25, 0.3) is 5.91 Å². The van der Waals surface area contributed by atoms with Crippen molar-refractivity contribution >= 4 is 11.9 Å². The maximum absolute atomic E-state index is 12.2. The lowest BCUT2D eigenvalue weighted by atomic mass is 10.1. The fourth-order valence-electron chi connectivity index (χ4n) is 1.88. The molecule has 18 heavy (non-hydrogen) atoms. The van der Waals surface area contributed by atoms with E-state index in [1.54, 1.807) is 30.3 Å². The number of hydrogen-bond acceptors (Lipinski definition) is 2. The van der Waals surface area contributed by atoms with Crippen LogP contribution in [-0.4, -0.2) is 39.5 Å². The molecular weight excluding hydrogens is 232 g/mol. The summed E-state index contributed by atoms with van der Waals surface area (Å²) < 4.78 is 1.46. The van der Waals surface area contributed by atoms with Gasteiger partial charge in [0.2, 0.25) is 0 Å². The van der Waals surface area contributed by atoms with Crippen molar-refractivity contribution in [1.29, 1.82) is 0 Å². The van der Waals surface area contributed by atoms with Crippen LogP contribution in [0.25, 0.3) is 0 Å². The Morgan fingerprint density at radius 1 is 1.50 bits per heavy atom. The van der Waals surface area contributed by atoms with E-state index >= 15 is 0 Å². The molecule has 0 aliphatic heterocycles. The largest absolute Gasteiger partial charge is 0.480 e. The van der Waals surface area contributed by atoms with Gasteiger partial charge in [0.05, 0.1) is 0 Å². The third-order valence-electron chi connectivity index (χ3n) is 3.04. The van der Waals surface area contributed by atoms with Gasteiger partial charge in [-0.2, -0.15) is 0 Å². The Labute approximate surface area is 107 Å². The van der Waals surface area contributed by atoms with Crippen molar-refractivity contribution in [2.45, 2.75) is 39.3 Å². The molecule has 100 valence electrons. The summed E-state index contributed by atoms with van der Waals surface area (Å²) in [7, 11) is 1.75. The van der Waals surface area contributed by atoms with Crippen LogP contribution in [0.1, 0.15) is 37.2 Å². The summed E-state index contributed by atoms with van der Waals surface area (Å²) in [5.74, 6) is -1.09. The van der Waals surface area contributed by atoms with Crippen LogP contribution in [0.3, 0.4) is 0 Å². The predicted molar refractivity (Wildman–Crippen MR) is 68.5 cm³/mol. The van der Waals surface area contributed by atoms with Crippen LogP contribution in [0, 0.1) is 0 Å². The number of carbonyl (C=O) groups is 2. The summed E-state index contributed by atoms with van der Waals surface area (Å²) in [5, 5.41) is 8.78. The second-order valence-corrected chi connectivity index (χ2v) is 4.47. The lowest BCUT2D eigenvalue weighted by Crippen LogP contribution is -2.36. The predicted octanol–water partition coefficient (Wildman–Crippen LogP) is 1.83. The van der Waals surface area contributed by atoms with Crippen LogP contribution in [0.5, 0.6) is 0 Å². The first kappa shape index (κ1) is 14.3. The summed E-state index contributed by atoms with van der Waals surface area (Å²) in [6.45, 7) is 3.87. The van der Waals surface area contributed by atoms with Crippen LogP contribution in [-0.2, 0) is 11.3 Å². The molecule has 1 N–H and O–H groups in total. The third kappa shape index (κ3) is 3.35. The number of carbonyl (C=O) groups excluding carboxylic acids is 1. The normalized spacial score (nSPS) is 12.2. The maximum atomic E-state index is 12.2. The Kier molecular flexibility index (Phi) is 4.95. The minimum absolute atomic E-state index is 0.137. The Morgan fingerprint density at radius 2 is 2.17 bits per heavy atom. The average Bonchev–Trinajstić information content (AvgIpc) is 2.74. The molecule has 0 spiro atoms. The summed E-state index contributed by atoms with van der Waals surface area (Å²) in [4.78, 5) is 24.6. The molecule has 0 radical (unpaired) electrons. The molecule has 1 aromatic rings. The Bertz CT molecular complexity index is 426. The fourth-order valence-corrected chi connectivity index (χ4v) is 1.88. The molecule has 1 aromatic heterocycles. The number of carboxylic acid groups (broad SMARTS) is 1. The number of carboxylic acids is 1. The van der Waals surface area contributed by atoms with E-state index in [0.29, 0.717) is 5.69 Å². The molecule has 0 saturated heterocycles. The van der Waals surface area contributed by atoms with Crippen molar-refractivity contribution in [2.24, 2.45) is 0 Å². The van der Waals surface area contributed by atoms with E-state index in [4.69, 9.17) is 5.11 Å². The molecule has 0 aliphatic rings. The number of nitrogens with zero attached hydrogens (tertiary/aromatic N) is 2. The van der Waals surface area contributed by atoms with Crippen LogP contribution in [0.15, 0.2) is 18.3 Å². The first-order valence-corrected chi connectivity index (χ1v) is 6.11. The quantitative estimate of drug-likeness (QED) is 0.840. The SMILES string of the molecule is CCCC(C)N(C)C(=O)c1cccn1CC(=O)O. The Balaban J connectivity index is 2.83. The standard InChI is InChI=1S/C13H20N2O3/c1-4-6-10(2)14(3)13(18)11-7-5-8-15(11)9-12(16)17/h5,7-8,10H,4,6,9H2,1-3H3,(H,16,17). The minimum atomic E-state index is -0.954. The van der Waals surface area contributed by atoms with Gasteiger partial charge in [-0.1, -0.05) is 13.3 Å². The van der Waals surface area contributed by atoms with Crippen LogP contribution >= 0.6 is 0 Å². The van der Waals surface area contributed by atoms with Gasteiger partial charge in [-0.15, -0.1) is 0 Å². The summed E-state index contributed by atoms with van der Waals surface area (Å²) >= 11 is 0. The van der Waals surface area contributed by atoms with Crippen molar-refractivity contribution in [2.75, 3.05) is 7.05 Å². The van der Waals surface area contributed by atoms with Gasteiger partial charge < -0.3 is 14.6 Å². The smallest absolute Gasteiger partial charge is 0.323 e. The van der Waals surface area contributed by atoms with E-state index in [9.17, 15) is 9.59 Å². The van der Waals surface area contributed by atoms with Gasteiger partial charge in [0.1, 0.15) is 12.2 Å². The van der Waals surface area contributed by atoms with Crippen molar-refractivity contribution in [1.82, 2.24) is 9.47 Å². The zero-order chi connectivity index (χ0) is 13.7. The van der Waals surface area contributed by atoms with E-state index < -0.39 is 5.97 Å². The molecular formula is C13H20N2O3. The van der Waals surface area contributed by atoms with Crippen molar-refractivity contribution < 1.29 is 14.7 Å². The molecule has 1 amide bonds. The summed E-state index contributed by atoms with van der Waals surface area (Å²) in [6.07, 6.45) is 3.55.